The zero-order valence-electron chi connectivity index (χ0n) is 9.89. The van der Waals surface area contributed by atoms with Crippen LogP contribution >= 0.6 is 39.1 Å². The van der Waals surface area contributed by atoms with Crippen molar-refractivity contribution in [2.45, 2.75) is 0 Å². The van der Waals surface area contributed by atoms with E-state index in [1.54, 1.807) is 13.1 Å². The Kier molecular flexibility index (Phi) is 4.67. The molecular weight excluding hydrogens is 357 g/mol. The standard InChI is InChI=1S/C11H10BrCl2N3O2/c1-15-2-3-19-9-7-6(4-5(12)8(9)13)16-11(14)17-10(7)18/h4,15H,2-3H2,1H3,(H,16,17,18). The molecule has 0 saturated heterocycles. The molecule has 8 heteroatoms. The summed E-state index contributed by atoms with van der Waals surface area (Å²) in [4.78, 5) is 18.4. The van der Waals surface area contributed by atoms with Gasteiger partial charge in [0.15, 0.2) is 5.75 Å². The lowest BCUT2D eigenvalue weighted by molar-refractivity contribution is 0.322. The summed E-state index contributed by atoms with van der Waals surface area (Å²) in [6.45, 7) is 1.01. The summed E-state index contributed by atoms with van der Waals surface area (Å²) in [6.07, 6.45) is 0. The highest BCUT2D eigenvalue weighted by Crippen LogP contribution is 2.37. The molecule has 0 bridgehead atoms. The summed E-state index contributed by atoms with van der Waals surface area (Å²) in [6, 6.07) is 1.63. The summed E-state index contributed by atoms with van der Waals surface area (Å²) in [5.74, 6) is 0.298. The van der Waals surface area contributed by atoms with E-state index in [2.05, 4.69) is 31.2 Å². The van der Waals surface area contributed by atoms with Crippen LogP contribution in [0.4, 0.5) is 0 Å². The molecule has 2 rings (SSSR count). The smallest absolute Gasteiger partial charge is 0.263 e. The average Bonchev–Trinajstić information content (AvgIpc) is 2.34. The Morgan fingerprint density at radius 3 is 2.95 bits per heavy atom. The van der Waals surface area contributed by atoms with Crippen LogP contribution in [0.3, 0.4) is 0 Å². The van der Waals surface area contributed by atoms with Crippen LogP contribution in [0.2, 0.25) is 10.3 Å². The molecule has 0 spiro atoms. The zero-order valence-corrected chi connectivity index (χ0v) is 13.0. The Bertz CT molecular complexity index is 675. The first kappa shape index (κ1) is 14.6. The van der Waals surface area contributed by atoms with E-state index in [0.717, 1.165) is 0 Å². The number of hydrogen-bond acceptors (Lipinski definition) is 4. The van der Waals surface area contributed by atoms with E-state index in [4.69, 9.17) is 27.9 Å². The monoisotopic (exact) mass is 365 g/mol. The number of fused-ring (bicyclic) bond motifs is 1. The van der Waals surface area contributed by atoms with Crippen LogP contribution in [0.15, 0.2) is 15.3 Å². The van der Waals surface area contributed by atoms with Gasteiger partial charge in [0.25, 0.3) is 5.56 Å². The summed E-state index contributed by atoms with van der Waals surface area (Å²) in [7, 11) is 1.80. The first-order valence-electron chi connectivity index (χ1n) is 5.39. The van der Waals surface area contributed by atoms with E-state index in [1.807, 2.05) is 0 Å². The molecule has 0 fully saturated rings. The van der Waals surface area contributed by atoms with Gasteiger partial charge in [0.05, 0.1) is 10.5 Å². The maximum atomic E-state index is 12.0. The van der Waals surface area contributed by atoms with Gasteiger partial charge < -0.3 is 10.1 Å². The molecule has 0 radical (unpaired) electrons. The Hall–Kier alpha value is -0.820. The van der Waals surface area contributed by atoms with E-state index in [-0.39, 0.29) is 16.2 Å². The van der Waals surface area contributed by atoms with Crippen LogP contribution in [0.25, 0.3) is 10.9 Å². The third kappa shape index (κ3) is 3.02. The molecule has 0 atom stereocenters. The minimum Gasteiger partial charge on any atom is -0.490 e. The topological polar surface area (TPSA) is 67.0 Å². The normalized spacial score (nSPS) is 10.9. The fraction of sp³-hybridized carbons (Fsp3) is 0.273. The van der Waals surface area contributed by atoms with Gasteiger partial charge in [-0.25, -0.2) is 4.98 Å². The quantitative estimate of drug-likeness (QED) is 0.644. The summed E-state index contributed by atoms with van der Waals surface area (Å²) < 4.78 is 6.16. The van der Waals surface area contributed by atoms with Crippen LogP contribution in [0.1, 0.15) is 0 Å². The molecule has 0 unspecified atom stereocenters. The van der Waals surface area contributed by atoms with Gasteiger partial charge in [0.2, 0.25) is 5.28 Å². The number of nitrogens with zero attached hydrogens (tertiary/aromatic N) is 1. The second kappa shape index (κ2) is 6.09. The van der Waals surface area contributed by atoms with Crippen LogP contribution in [0, 0.1) is 0 Å². The number of nitrogens with one attached hydrogen (secondary N) is 2. The van der Waals surface area contributed by atoms with Crippen LogP contribution in [-0.2, 0) is 0 Å². The predicted octanol–water partition coefficient (Wildman–Crippen LogP) is 2.59. The Morgan fingerprint density at radius 1 is 1.53 bits per heavy atom. The number of halogens is 3. The van der Waals surface area contributed by atoms with E-state index < -0.39 is 0 Å². The third-order valence-electron chi connectivity index (χ3n) is 2.42. The number of likely N-dealkylation sites (N-methyl/N-ethyl adjacent to an activating group) is 1. The molecule has 19 heavy (non-hydrogen) atoms. The molecule has 1 heterocycles. The second-order valence-electron chi connectivity index (χ2n) is 3.70. The number of rotatable bonds is 4. The molecule has 0 aliphatic rings. The van der Waals surface area contributed by atoms with Crippen molar-refractivity contribution in [3.8, 4) is 5.75 Å². The number of benzene rings is 1. The van der Waals surface area contributed by atoms with E-state index in [0.29, 0.717) is 33.9 Å². The summed E-state index contributed by atoms with van der Waals surface area (Å²) in [5, 5.41) is 3.58. The van der Waals surface area contributed by atoms with Gasteiger partial charge in [-0.1, -0.05) is 11.6 Å². The van der Waals surface area contributed by atoms with E-state index in [9.17, 15) is 4.79 Å². The molecule has 1 aromatic carbocycles. The minimum absolute atomic E-state index is 0.0212. The van der Waals surface area contributed by atoms with Crippen molar-refractivity contribution in [3.05, 3.63) is 31.2 Å². The van der Waals surface area contributed by atoms with Crippen molar-refractivity contribution in [2.75, 3.05) is 20.2 Å². The van der Waals surface area contributed by atoms with Crippen molar-refractivity contribution in [2.24, 2.45) is 0 Å². The maximum Gasteiger partial charge on any atom is 0.263 e. The molecule has 1 aromatic heterocycles. The van der Waals surface area contributed by atoms with Gasteiger partial charge >= 0.3 is 0 Å². The van der Waals surface area contributed by atoms with E-state index >= 15 is 0 Å². The fourth-order valence-corrected chi connectivity index (χ4v) is 2.36. The number of ether oxygens (including phenoxy) is 1. The Morgan fingerprint density at radius 2 is 2.26 bits per heavy atom. The SMILES string of the molecule is CNCCOc1c(Cl)c(Br)cc2nc(Cl)[nH]c(=O)c12. The van der Waals surface area contributed by atoms with Crippen molar-refractivity contribution in [1.29, 1.82) is 0 Å². The molecule has 0 aliphatic heterocycles. The molecule has 0 amide bonds. The Balaban J connectivity index is 2.64. The fourth-order valence-electron chi connectivity index (χ4n) is 1.58. The number of aromatic amines is 1. The van der Waals surface area contributed by atoms with Gasteiger partial charge in [-0.15, -0.1) is 0 Å². The largest absolute Gasteiger partial charge is 0.490 e. The van der Waals surface area contributed by atoms with Crippen molar-refractivity contribution in [3.63, 3.8) is 0 Å². The van der Waals surface area contributed by atoms with Gasteiger partial charge in [-0.3, -0.25) is 9.78 Å². The average molecular weight is 367 g/mol. The lowest BCUT2D eigenvalue weighted by atomic mass is 10.2. The first-order chi connectivity index (χ1) is 9.04. The van der Waals surface area contributed by atoms with Crippen LogP contribution < -0.4 is 15.6 Å². The summed E-state index contributed by atoms with van der Waals surface area (Å²) in [5.41, 5.74) is 0.0355. The second-order valence-corrected chi connectivity index (χ2v) is 5.29. The predicted molar refractivity (Wildman–Crippen MR) is 79.5 cm³/mol. The van der Waals surface area contributed by atoms with Gasteiger partial charge in [-0.05, 0) is 40.6 Å². The molecule has 0 saturated carbocycles. The molecule has 0 aliphatic carbocycles. The Labute approximate surface area is 127 Å². The molecule has 2 aromatic rings. The number of H-pyrrole nitrogens is 1. The van der Waals surface area contributed by atoms with Crippen molar-refractivity contribution >= 4 is 50.0 Å². The molecule has 2 N–H and O–H groups in total. The van der Waals surface area contributed by atoms with Crippen molar-refractivity contribution < 1.29 is 4.74 Å². The molecule has 102 valence electrons. The van der Waals surface area contributed by atoms with Crippen molar-refractivity contribution in [1.82, 2.24) is 15.3 Å². The van der Waals surface area contributed by atoms with Crippen LogP contribution in [-0.4, -0.2) is 30.2 Å². The maximum absolute atomic E-state index is 12.0. The first-order valence-corrected chi connectivity index (χ1v) is 6.94. The highest BCUT2D eigenvalue weighted by molar-refractivity contribution is 9.10. The number of hydrogen-bond donors (Lipinski definition) is 2. The lowest BCUT2D eigenvalue weighted by Crippen LogP contribution is -2.17. The zero-order chi connectivity index (χ0) is 14.0. The van der Waals surface area contributed by atoms with Crippen LogP contribution in [0.5, 0.6) is 5.75 Å². The lowest BCUT2D eigenvalue weighted by Gasteiger charge is -2.11. The third-order valence-corrected chi connectivity index (χ3v) is 3.82. The van der Waals surface area contributed by atoms with Gasteiger partial charge in [0, 0.05) is 11.0 Å². The highest BCUT2D eigenvalue weighted by atomic mass is 79.9. The molecule has 5 nitrogen and oxygen atoms in total. The highest BCUT2D eigenvalue weighted by Gasteiger charge is 2.16. The molecular formula is C11H10BrCl2N3O2. The van der Waals surface area contributed by atoms with E-state index in [1.165, 1.54) is 0 Å². The van der Waals surface area contributed by atoms with Gasteiger partial charge in [0.1, 0.15) is 12.0 Å². The summed E-state index contributed by atoms with van der Waals surface area (Å²) >= 11 is 15.2. The minimum atomic E-state index is -0.385. The van der Waals surface area contributed by atoms with Gasteiger partial charge in [-0.2, -0.15) is 0 Å². The number of aromatic nitrogens is 2.